The highest BCUT2D eigenvalue weighted by molar-refractivity contribution is 7.20. The van der Waals surface area contributed by atoms with Gasteiger partial charge in [-0.1, -0.05) is 41.0 Å². The van der Waals surface area contributed by atoms with E-state index in [4.69, 9.17) is 10.7 Å². The molecule has 0 aliphatic rings. The van der Waals surface area contributed by atoms with Crippen molar-refractivity contribution in [1.29, 1.82) is 0 Å². The molecule has 0 spiro atoms. The zero-order valence-electron chi connectivity index (χ0n) is 21.0. The van der Waals surface area contributed by atoms with E-state index >= 15 is 0 Å². The first-order valence-electron chi connectivity index (χ1n) is 11.6. The van der Waals surface area contributed by atoms with Crippen molar-refractivity contribution in [2.24, 2.45) is 0 Å². The van der Waals surface area contributed by atoms with Gasteiger partial charge in [-0.05, 0) is 32.3 Å². The fourth-order valence-corrected chi connectivity index (χ4v) is 5.10. The van der Waals surface area contributed by atoms with Crippen LogP contribution in [0.1, 0.15) is 80.6 Å². The van der Waals surface area contributed by atoms with Gasteiger partial charge in [0.25, 0.3) is 11.5 Å². The molecule has 0 bridgehead atoms. The van der Waals surface area contributed by atoms with E-state index in [-0.39, 0.29) is 29.4 Å². The van der Waals surface area contributed by atoms with Crippen molar-refractivity contribution in [3.8, 4) is 0 Å². The van der Waals surface area contributed by atoms with E-state index < -0.39 is 11.2 Å². The number of nitrogens with one attached hydrogen (secondary N) is 1. The summed E-state index contributed by atoms with van der Waals surface area (Å²) in [7, 11) is 0. The van der Waals surface area contributed by atoms with Crippen LogP contribution >= 0.6 is 11.3 Å². The molecule has 0 saturated carbocycles. The molecule has 0 unspecified atom stereocenters. The molecule has 3 N–H and O–H groups in total. The summed E-state index contributed by atoms with van der Waals surface area (Å²) < 4.78 is 1.33. The lowest BCUT2D eigenvalue weighted by atomic mass is 9.95. The van der Waals surface area contributed by atoms with Gasteiger partial charge in [-0.25, -0.2) is 14.8 Å². The summed E-state index contributed by atoms with van der Waals surface area (Å²) >= 11 is 1.29. The first kappa shape index (κ1) is 25.6. The number of H-pyrrole nitrogens is 1. The zero-order valence-corrected chi connectivity index (χ0v) is 21.9. The number of hydrogen-bond donors (Lipinski definition) is 2. The Hall–Kier alpha value is -3.01. The maximum atomic E-state index is 13.8. The predicted molar refractivity (Wildman–Crippen MR) is 138 cm³/mol. The van der Waals surface area contributed by atoms with Crippen LogP contribution in [0.15, 0.2) is 9.59 Å². The first-order chi connectivity index (χ1) is 15.9. The van der Waals surface area contributed by atoms with E-state index in [1.54, 1.807) is 0 Å². The van der Waals surface area contributed by atoms with Gasteiger partial charge in [0.15, 0.2) is 5.69 Å². The Morgan fingerprint density at radius 2 is 1.82 bits per heavy atom. The molecule has 1 amide bonds. The summed E-state index contributed by atoms with van der Waals surface area (Å²) in [5, 5.41) is 0.854. The molecule has 0 saturated heterocycles. The van der Waals surface area contributed by atoms with Gasteiger partial charge in [-0.2, -0.15) is 0 Å². The van der Waals surface area contributed by atoms with Crippen LogP contribution in [0.5, 0.6) is 0 Å². The van der Waals surface area contributed by atoms with Crippen molar-refractivity contribution in [2.45, 2.75) is 79.7 Å². The average Bonchev–Trinajstić information content (AvgIpc) is 3.08. The van der Waals surface area contributed by atoms with E-state index in [9.17, 15) is 14.4 Å². The Kier molecular flexibility index (Phi) is 7.30. The van der Waals surface area contributed by atoms with Crippen LogP contribution in [0.4, 0.5) is 11.5 Å². The number of unbranched alkanes of at least 4 members (excludes halogenated alkanes) is 1. The molecule has 3 aromatic heterocycles. The zero-order chi connectivity index (χ0) is 25.4. The van der Waals surface area contributed by atoms with E-state index in [2.05, 4.69) is 9.97 Å². The minimum atomic E-state index is -0.665. The highest BCUT2D eigenvalue weighted by Gasteiger charge is 2.29. The molecule has 3 heterocycles. The molecule has 34 heavy (non-hydrogen) atoms. The Labute approximate surface area is 203 Å². The second kappa shape index (κ2) is 9.69. The summed E-state index contributed by atoms with van der Waals surface area (Å²) in [6.07, 6.45) is 2.19. The Morgan fingerprint density at radius 3 is 2.41 bits per heavy atom. The fraction of sp³-hybridized carbons (Fsp3) is 0.542. The van der Waals surface area contributed by atoms with Gasteiger partial charge in [0, 0.05) is 23.9 Å². The molecule has 3 aromatic rings. The average molecular weight is 487 g/mol. The number of fused-ring (bicyclic) bond motifs is 1. The van der Waals surface area contributed by atoms with Crippen molar-refractivity contribution >= 4 is 39.0 Å². The molecule has 0 radical (unpaired) electrons. The minimum absolute atomic E-state index is 0.00811. The van der Waals surface area contributed by atoms with Gasteiger partial charge < -0.3 is 5.73 Å². The Bertz CT molecular complexity index is 1350. The van der Waals surface area contributed by atoms with Gasteiger partial charge in [-0.15, -0.1) is 11.3 Å². The summed E-state index contributed by atoms with van der Waals surface area (Å²) in [6, 6.07) is 0. The van der Waals surface area contributed by atoms with E-state index in [1.807, 2.05) is 48.5 Å². The lowest BCUT2D eigenvalue weighted by Crippen LogP contribution is -2.41. The van der Waals surface area contributed by atoms with Gasteiger partial charge in [0.1, 0.15) is 16.5 Å². The first-order valence-corrected chi connectivity index (χ1v) is 12.5. The van der Waals surface area contributed by atoms with Gasteiger partial charge in [0.2, 0.25) is 0 Å². The smallest absolute Gasteiger partial charge is 0.330 e. The number of nitrogens with zero attached hydrogens (tertiary/aromatic N) is 4. The second-order valence-electron chi connectivity index (χ2n) is 9.57. The van der Waals surface area contributed by atoms with Crippen LogP contribution in [-0.4, -0.2) is 32.0 Å². The van der Waals surface area contributed by atoms with Crippen molar-refractivity contribution in [3.05, 3.63) is 42.8 Å². The number of nitrogen functional groups attached to an aromatic ring is 1. The number of aryl methyl sites for hydroxylation is 2. The van der Waals surface area contributed by atoms with E-state index in [1.165, 1.54) is 20.8 Å². The highest BCUT2D eigenvalue weighted by Crippen LogP contribution is 2.35. The third-order valence-electron chi connectivity index (χ3n) is 5.75. The molecule has 0 aliphatic carbocycles. The van der Waals surface area contributed by atoms with Crippen LogP contribution in [0.25, 0.3) is 10.2 Å². The number of hydrogen-bond acceptors (Lipinski definition) is 7. The topological polar surface area (TPSA) is 127 Å². The van der Waals surface area contributed by atoms with Crippen molar-refractivity contribution < 1.29 is 4.79 Å². The number of aromatic nitrogens is 4. The molecule has 0 aromatic carbocycles. The molecular weight excluding hydrogens is 452 g/mol. The number of anilines is 2. The maximum absolute atomic E-state index is 13.8. The maximum Gasteiger partial charge on any atom is 0.330 e. The Morgan fingerprint density at radius 1 is 1.15 bits per heavy atom. The lowest BCUT2D eigenvalue weighted by molar-refractivity contribution is 0.0990. The summed E-state index contributed by atoms with van der Waals surface area (Å²) in [6.45, 7) is 14.5. The molecule has 10 heteroatoms. The Balaban J connectivity index is 2.19. The predicted octanol–water partition coefficient (Wildman–Crippen LogP) is 3.89. The quantitative estimate of drug-likeness (QED) is 0.521. The lowest BCUT2D eigenvalue weighted by Gasteiger charge is -2.24. The van der Waals surface area contributed by atoms with E-state index in [0.29, 0.717) is 23.7 Å². The number of carbonyl (C=O) groups is 1. The monoisotopic (exact) mass is 486 g/mol. The van der Waals surface area contributed by atoms with Crippen molar-refractivity contribution in [3.63, 3.8) is 0 Å². The molecule has 0 aliphatic heterocycles. The summed E-state index contributed by atoms with van der Waals surface area (Å²) in [5.41, 5.74) is 6.45. The SMILES string of the molecule is CCCCn1c(N)c(N(CCC)C(=O)c2sc3nc(C(C)(C)C)nc(C)c3c2C)c(=O)[nH]c1=O. The second-order valence-corrected chi connectivity index (χ2v) is 10.6. The van der Waals surface area contributed by atoms with E-state index in [0.717, 1.165) is 34.3 Å². The number of nitrogens with two attached hydrogens (primary N) is 1. The number of rotatable bonds is 7. The minimum Gasteiger partial charge on any atom is -0.383 e. The standard InChI is InChI=1S/C24H34N6O3S/c1-8-10-12-30-18(25)16(19(31)27-23(30)33)29(11-9-2)21(32)17-13(3)15-14(4)26-22(24(5,6)7)28-20(15)34-17/h8-12,25H2,1-7H3,(H,27,31,33). The van der Waals surface area contributed by atoms with Crippen molar-refractivity contribution in [1.82, 2.24) is 19.5 Å². The molecule has 9 nitrogen and oxygen atoms in total. The van der Waals surface area contributed by atoms with Gasteiger partial charge >= 0.3 is 5.69 Å². The molecule has 3 rings (SSSR count). The highest BCUT2D eigenvalue weighted by atomic mass is 32.1. The van der Waals surface area contributed by atoms with Gasteiger partial charge in [-0.3, -0.25) is 24.0 Å². The third kappa shape index (κ3) is 4.64. The number of thiophene rings is 1. The number of carbonyl (C=O) groups excluding carboxylic acids is 1. The van der Waals surface area contributed by atoms with Crippen LogP contribution in [0.2, 0.25) is 0 Å². The summed E-state index contributed by atoms with van der Waals surface area (Å²) in [5.74, 6) is 0.387. The molecular formula is C24H34N6O3S. The normalized spacial score (nSPS) is 11.9. The van der Waals surface area contributed by atoms with Crippen LogP contribution in [0.3, 0.4) is 0 Å². The van der Waals surface area contributed by atoms with Crippen LogP contribution < -0.4 is 21.9 Å². The third-order valence-corrected chi connectivity index (χ3v) is 6.92. The fourth-order valence-electron chi connectivity index (χ4n) is 3.92. The molecule has 0 atom stereocenters. The van der Waals surface area contributed by atoms with Crippen molar-refractivity contribution in [2.75, 3.05) is 17.2 Å². The van der Waals surface area contributed by atoms with Gasteiger partial charge in [0.05, 0.1) is 10.6 Å². The largest absolute Gasteiger partial charge is 0.383 e. The molecule has 184 valence electrons. The van der Waals surface area contributed by atoms with Crippen LogP contribution in [-0.2, 0) is 12.0 Å². The van der Waals surface area contributed by atoms with Crippen LogP contribution in [0, 0.1) is 13.8 Å². The number of amides is 1. The molecule has 0 fully saturated rings. The summed E-state index contributed by atoms with van der Waals surface area (Å²) in [4.78, 5) is 53.4. The number of aromatic amines is 1.